The molecule has 0 bridgehead atoms. The van der Waals surface area contributed by atoms with Gasteiger partial charge in [-0.25, -0.2) is 0 Å². The Morgan fingerprint density at radius 3 is 2.11 bits per heavy atom. The summed E-state index contributed by atoms with van der Waals surface area (Å²) in [4.78, 5) is 24.1. The summed E-state index contributed by atoms with van der Waals surface area (Å²) in [5, 5.41) is 2.99. The van der Waals surface area contributed by atoms with Gasteiger partial charge in [0.2, 0.25) is 5.78 Å². The Balaban J connectivity index is 2.39. The molecule has 0 fully saturated rings. The molecule has 3 nitrogen and oxygen atoms in total. The lowest BCUT2D eigenvalue weighted by Gasteiger charge is -2.18. The second kappa shape index (κ2) is 4.90. The van der Waals surface area contributed by atoms with Crippen LogP contribution in [0.5, 0.6) is 0 Å². The number of ketones is 2. The third-order valence-corrected chi connectivity index (χ3v) is 3.69. The molecule has 2 rings (SSSR count). The second-order valence-electron chi connectivity index (χ2n) is 4.09. The lowest BCUT2D eigenvalue weighted by atomic mass is 9.95. The molecule has 0 saturated heterocycles. The van der Waals surface area contributed by atoms with Crippen LogP contribution in [0.1, 0.15) is 13.8 Å². The first-order valence-corrected chi connectivity index (χ1v) is 6.30. The molecule has 0 saturated carbocycles. The summed E-state index contributed by atoms with van der Waals surface area (Å²) < 4.78 is 0.291. The third-order valence-electron chi connectivity index (χ3n) is 2.93. The van der Waals surface area contributed by atoms with Crippen molar-refractivity contribution in [2.24, 2.45) is 0 Å². The maximum Gasteiger partial charge on any atom is 0.206 e. The zero-order chi connectivity index (χ0) is 13.3. The van der Waals surface area contributed by atoms with Crippen molar-refractivity contribution in [2.75, 3.05) is 5.32 Å². The minimum atomic E-state index is -0.150. The summed E-state index contributed by atoms with van der Waals surface area (Å²) in [6, 6.07) is 9.29. The van der Waals surface area contributed by atoms with Crippen LogP contribution in [0.4, 0.5) is 5.69 Å². The maximum atomic E-state index is 12.1. The molecule has 0 atom stereocenters. The molecule has 1 aliphatic carbocycles. The predicted octanol–water partition coefficient (Wildman–Crippen LogP) is 3.19. The van der Waals surface area contributed by atoms with Crippen LogP contribution < -0.4 is 5.32 Å². The van der Waals surface area contributed by atoms with Crippen LogP contribution in [0.2, 0.25) is 0 Å². The number of benzene rings is 1. The van der Waals surface area contributed by atoms with Gasteiger partial charge in [-0.3, -0.25) is 9.59 Å². The average Bonchev–Trinajstić information content (AvgIpc) is 2.40. The minimum absolute atomic E-state index is 0.148. The van der Waals surface area contributed by atoms with Gasteiger partial charge in [0.15, 0.2) is 5.78 Å². The van der Waals surface area contributed by atoms with E-state index in [4.69, 9.17) is 0 Å². The van der Waals surface area contributed by atoms with E-state index in [0.29, 0.717) is 21.3 Å². The molecule has 0 aromatic heterocycles. The first-order valence-electron chi connectivity index (χ1n) is 5.51. The molecule has 0 radical (unpaired) electrons. The average molecular weight is 306 g/mol. The molecular weight excluding hydrogens is 294 g/mol. The van der Waals surface area contributed by atoms with Crippen molar-refractivity contribution >= 4 is 33.2 Å². The normalized spacial score (nSPS) is 16.4. The highest BCUT2D eigenvalue weighted by Gasteiger charge is 2.29. The van der Waals surface area contributed by atoms with E-state index >= 15 is 0 Å². The fourth-order valence-corrected chi connectivity index (χ4v) is 2.26. The number of allylic oxidation sites excluding steroid dienone is 3. The third kappa shape index (κ3) is 2.16. The van der Waals surface area contributed by atoms with E-state index in [1.165, 1.54) is 0 Å². The molecule has 0 aliphatic heterocycles. The molecule has 1 aromatic rings. The molecular formula is C14H12BrNO2. The van der Waals surface area contributed by atoms with Crippen molar-refractivity contribution < 1.29 is 9.59 Å². The number of rotatable bonds is 2. The van der Waals surface area contributed by atoms with E-state index in [-0.39, 0.29) is 11.6 Å². The highest BCUT2D eigenvalue weighted by molar-refractivity contribution is 9.12. The number of hydrogen-bond acceptors (Lipinski definition) is 3. The SMILES string of the molecule is CC1=C(C)C(=O)C(Nc2ccccc2)=C(Br)C1=O. The number of anilines is 1. The van der Waals surface area contributed by atoms with Crippen LogP contribution >= 0.6 is 15.9 Å². The first-order chi connectivity index (χ1) is 8.52. The van der Waals surface area contributed by atoms with Gasteiger partial charge in [0.1, 0.15) is 5.70 Å². The maximum absolute atomic E-state index is 12.1. The number of hydrogen-bond donors (Lipinski definition) is 1. The van der Waals surface area contributed by atoms with Crippen molar-refractivity contribution in [3.05, 3.63) is 51.7 Å². The fraction of sp³-hybridized carbons (Fsp3) is 0.143. The monoisotopic (exact) mass is 305 g/mol. The number of carbonyl (C=O) groups is 2. The van der Waals surface area contributed by atoms with E-state index in [9.17, 15) is 9.59 Å². The number of Topliss-reactive ketones (excluding diaryl/α,β-unsaturated/α-hetero) is 2. The fourth-order valence-electron chi connectivity index (χ4n) is 1.68. The zero-order valence-corrected chi connectivity index (χ0v) is 11.7. The Morgan fingerprint density at radius 2 is 1.50 bits per heavy atom. The van der Waals surface area contributed by atoms with Crippen LogP contribution in [0.15, 0.2) is 51.7 Å². The highest BCUT2D eigenvalue weighted by Crippen LogP contribution is 2.28. The Hall–Kier alpha value is -1.68. The lowest BCUT2D eigenvalue weighted by molar-refractivity contribution is -0.115. The van der Waals surface area contributed by atoms with Gasteiger partial charge in [-0.2, -0.15) is 0 Å². The van der Waals surface area contributed by atoms with Crippen LogP contribution in [0.3, 0.4) is 0 Å². The summed E-state index contributed by atoms with van der Waals surface area (Å²) in [5.74, 6) is -0.298. The molecule has 1 aliphatic rings. The van der Waals surface area contributed by atoms with Crippen molar-refractivity contribution in [2.45, 2.75) is 13.8 Å². The highest BCUT2D eigenvalue weighted by atomic mass is 79.9. The Kier molecular flexibility index (Phi) is 3.48. The molecule has 0 unspecified atom stereocenters. The summed E-state index contributed by atoms with van der Waals surface area (Å²) in [6.45, 7) is 3.33. The van der Waals surface area contributed by atoms with Gasteiger partial charge in [0.25, 0.3) is 0 Å². The number of carbonyl (C=O) groups excluding carboxylic acids is 2. The minimum Gasteiger partial charge on any atom is -0.351 e. The standard InChI is InChI=1S/C14H12BrNO2/c1-8-9(2)14(18)12(11(15)13(8)17)16-10-6-4-3-5-7-10/h3-7,16H,1-2H3. The quantitative estimate of drug-likeness (QED) is 0.854. The van der Waals surface area contributed by atoms with Gasteiger partial charge in [0.05, 0.1) is 4.48 Å². The van der Waals surface area contributed by atoms with E-state index in [0.717, 1.165) is 5.69 Å². The molecule has 0 heterocycles. The summed E-state index contributed by atoms with van der Waals surface area (Å²) in [5.41, 5.74) is 2.05. The van der Waals surface area contributed by atoms with E-state index in [1.54, 1.807) is 13.8 Å². The van der Waals surface area contributed by atoms with E-state index in [2.05, 4.69) is 21.2 Å². The smallest absolute Gasteiger partial charge is 0.206 e. The number of nitrogens with one attached hydrogen (secondary N) is 1. The summed E-state index contributed by atoms with van der Waals surface area (Å²) in [7, 11) is 0. The van der Waals surface area contributed by atoms with Crippen molar-refractivity contribution in [1.82, 2.24) is 0 Å². The Morgan fingerprint density at radius 1 is 0.944 bits per heavy atom. The molecule has 4 heteroatoms. The van der Waals surface area contributed by atoms with Crippen molar-refractivity contribution in [3.63, 3.8) is 0 Å². The Labute approximate surface area is 114 Å². The molecule has 1 aromatic carbocycles. The van der Waals surface area contributed by atoms with Crippen LogP contribution in [-0.2, 0) is 9.59 Å². The van der Waals surface area contributed by atoms with E-state index < -0.39 is 0 Å². The molecule has 1 N–H and O–H groups in total. The zero-order valence-electron chi connectivity index (χ0n) is 10.1. The topological polar surface area (TPSA) is 46.2 Å². The van der Waals surface area contributed by atoms with Gasteiger partial charge < -0.3 is 5.32 Å². The van der Waals surface area contributed by atoms with Gasteiger partial charge in [-0.05, 0) is 41.9 Å². The molecule has 18 heavy (non-hydrogen) atoms. The Bertz CT molecular complexity index is 585. The van der Waals surface area contributed by atoms with Crippen LogP contribution in [0, 0.1) is 0 Å². The lowest BCUT2D eigenvalue weighted by Crippen LogP contribution is -2.23. The molecule has 92 valence electrons. The van der Waals surface area contributed by atoms with Gasteiger partial charge >= 0.3 is 0 Å². The molecule has 0 spiro atoms. The van der Waals surface area contributed by atoms with E-state index in [1.807, 2.05) is 30.3 Å². The van der Waals surface area contributed by atoms with Gasteiger partial charge in [-0.15, -0.1) is 0 Å². The molecule has 0 amide bonds. The predicted molar refractivity (Wildman–Crippen MR) is 74.4 cm³/mol. The van der Waals surface area contributed by atoms with Crippen molar-refractivity contribution in [1.29, 1.82) is 0 Å². The number of halogens is 1. The summed E-state index contributed by atoms with van der Waals surface area (Å²) >= 11 is 3.20. The van der Waals surface area contributed by atoms with Crippen LogP contribution in [-0.4, -0.2) is 11.6 Å². The van der Waals surface area contributed by atoms with Crippen LogP contribution in [0.25, 0.3) is 0 Å². The first kappa shape index (κ1) is 12.8. The number of para-hydroxylation sites is 1. The second-order valence-corrected chi connectivity index (χ2v) is 4.88. The van der Waals surface area contributed by atoms with Gasteiger partial charge in [-0.1, -0.05) is 18.2 Å². The van der Waals surface area contributed by atoms with Gasteiger partial charge in [0, 0.05) is 16.8 Å². The summed E-state index contributed by atoms with van der Waals surface area (Å²) in [6.07, 6.45) is 0. The van der Waals surface area contributed by atoms with Crippen molar-refractivity contribution in [3.8, 4) is 0 Å². The largest absolute Gasteiger partial charge is 0.351 e.